The van der Waals surface area contributed by atoms with Crippen LogP contribution in [0.2, 0.25) is 0 Å². The Morgan fingerprint density at radius 2 is 1.77 bits per heavy atom. The minimum absolute atomic E-state index is 0. The van der Waals surface area contributed by atoms with E-state index in [1.807, 2.05) is 18.2 Å². The van der Waals surface area contributed by atoms with Gasteiger partial charge in [0.15, 0.2) is 35.7 Å². The molecular weight excluding hydrogens is 642 g/mol. The van der Waals surface area contributed by atoms with Gasteiger partial charge in [-0.25, -0.2) is 13.1 Å². The smallest absolute Gasteiger partial charge is 0.261 e. The molecule has 2 aliphatic heterocycles. The van der Waals surface area contributed by atoms with Gasteiger partial charge in [-0.1, -0.05) is 23.4 Å². The Bertz CT molecular complexity index is 2230. The van der Waals surface area contributed by atoms with Gasteiger partial charge in [0.05, 0.1) is 34.8 Å². The second-order valence-electron chi connectivity index (χ2n) is 11.0. The molecule has 0 fully saturated rings. The highest BCUT2D eigenvalue weighted by atomic mass is 35.5. The largest absolute Gasteiger partial charge is 1.00 e. The van der Waals surface area contributed by atoms with E-state index in [0.717, 1.165) is 46.5 Å². The van der Waals surface area contributed by atoms with Crippen LogP contribution in [0.1, 0.15) is 11.3 Å². The Kier molecular flexibility index (Phi) is 7.82. The summed E-state index contributed by atoms with van der Waals surface area (Å²) in [6, 6.07) is 25.4. The van der Waals surface area contributed by atoms with Crippen molar-refractivity contribution >= 4 is 26.5 Å². The first kappa shape index (κ1) is 30.3. The zero-order chi connectivity index (χ0) is 31.3. The van der Waals surface area contributed by atoms with Gasteiger partial charge in [0.2, 0.25) is 12.5 Å². The van der Waals surface area contributed by atoms with E-state index >= 15 is 0 Å². The Labute approximate surface area is 276 Å². The van der Waals surface area contributed by atoms with Crippen LogP contribution in [0, 0.1) is 0 Å². The van der Waals surface area contributed by atoms with Crippen molar-refractivity contribution in [1.29, 1.82) is 0 Å². The monoisotopic (exact) mass is 669 g/mol. The van der Waals surface area contributed by atoms with Crippen molar-refractivity contribution in [3.05, 3.63) is 109 Å². The van der Waals surface area contributed by atoms with Crippen LogP contribution in [-0.2, 0) is 29.6 Å². The number of methoxy groups -OCH3 is 1. The number of nitrogens with one attached hydrogen (secondary N) is 1. The summed E-state index contributed by atoms with van der Waals surface area (Å²) in [5.41, 5.74) is 5.21. The molecule has 2 aromatic heterocycles. The topological polar surface area (TPSA) is 118 Å². The van der Waals surface area contributed by atoms with E-state index in [1.165, 1.54) is 17.7 Å². The quantitative estimate of drug-likeness (QED) is 0.245. The molecule has 238 valence electrons. The van der Waals surface area contributed by atoms with Crippen LogP contribution in [0.25, 0.3) is 27.7 Å². The lowest BCUT2D eigenvalue weighted by atomic mass is 9.95. The first-order valence-corrected chi connectivity index (χ1v) is 16.1. The summed E-state index contributed by atoms with van der Waals surface area (Å²) in [5.74, 6) is 2.79. The molecule has 0 radical (unpaired) electrons. The first-order valence-electron chi connectivity index (χ1n) is 14.6. The fourth-order valence-electron chi connectivity index (χ4n) is 5.84. The second kappa shape index (κ2) is 12.1. The van der Waals surface area contributed by atoms with E-state index in [9.17, 15) is 8.42 Å². The van der Waals surface area contributed by atoms with Crippen molar-refractivity contribution in [2.75, 3.05) is 18.6 Å². The van der Waals surface area contributed by atoms with Crippen LogP contribution in [0.5, 0.6) is 23.0 Å². The van der Waals surface area contributed by atoms with Crippen molar-refractivity contribution < 1.29 is 44.3 Å². The van der Waals surface area contributed by atoms with E-state index in [2.05, 4.69) is 44.0 Å². The molecule has 0 saturated heterocycles. The molecule has 47 heavy (non-hydrogen) atoms. The summed E-state index contributed by atoms with van der Waals surface area (Å²) >= 11 is 0. The first-order chi connectivity index (χ1) is 22.4. The van der Waals surface area contributed by atoms with Gasteiger partial charge in [-0.05, 0) is 71.6 Å². The summed E-state index contributed by atoms with van der Waals surface area (Å²) in [6.07, 6.45) is 4.73. The number of nitrogens with zero attached hydrogens (tertiary/aromatic N) is 4. The molecule has 8 rings (SSSR count). The number of hydrogen-bond acceptors (Lipinski definition) is 8. The molecule has 1 N–H and O–H groups in total. The SMILES string of the molecule is COc1ccc2cc3[n+](cc2c1OCc1cn(-c2ccc(S(=O)(=O)Nc4ccccc4)cc2)nn1)CCc1cc2c(cc1-3)OCO2.[Cl-]. The van der Waals surface area contributed by atoms with Crippen molar-refractivity contribution in [1.82, 2.24) is 15.0 Å². The normalized spacial score (nSPS) is 13.0. The van der Waals surface area contributed by atoms with Crippen molar-refractivity contribution in [2.24, 2.45) is 0 Å². The van der Waals surface area contributed by atoms with Crippen LogP contribution < -0.4 is 40.6 Å². The van der Waals surface area contributed by atoms with Crippen LogP contribution in [-0.4, -0.2) is 37.3 Å². The van der Waals surface area contributed by atoms with Gasteiger partial charge >= 0.3 is 0 Å². The number of halogens is 1. The Morgan fingerprint density at radius 3 is 2.55 bits per heavy atom. The molecule has 0 saturated carbocycles. The Balaban J connectivity index is 0.00000351. The van der Waals surface area contributed by atoms with E-state index in [4.69, 9.17) is 18.9 Å². The van der Waals surface area contributed by atoms with Crippen LogP contribution in [0.15, 0.2) is 102 Å². The maximum Gasteiger partial charge on any atom is 0.261 e. The zero-order valence-corrected chi connectivity index (χ0v) is 26.7. The summed E-state index contributed by atoms with van der Waals surface area (Å²) in [4.78, 5) is 0.140. The van der Waals surface area contributed by atoms with E-state index in [1.54, 1.807) is 54.4 Å². The van der Waals surface area contributed by atoms with Gasteiger partial charge in [-0.2, -0.15) is 4.57 Å². The minimum Gasteiger partial charge on any atom is -1.00 e. The highest BCUT2D eigenvalue weighted by molar-refractivity contribution is 7.92. The lowest BCUT2D eigenvalue weighted by Crippen LogP contribution is -3.00. The highest BCUT2D eigenvalue weighted by Gasteiger charge is 2.29. The molecule has 4 aromatic carbocycles. The van der Waals surface area contributed by atoms with Gasteiger partial charge in [0.25, 0.3) is 10.0 Å². The van der Waals surface area contributed by atoms with E-state index < -0.39 is 10.0 Å². The molecular formula is C34H28ClN5O6S. The number of benzene rings is 4. The predicted octanol–water partition coefficient (Wildman–Crippen LogP) is 2.05. The molecule has 0 bridgehead atoms. The summed E-state index contributed by atoms with van der Waals surface area (Å²) in [6.45, 7) is 1.20. The highest BCUT2D eigenvalue weighted by Crippen LogP contribution is 2.41. The van der Waals surface area contributed by atoms with E-state index in [0.29, 0.717) is 28.6 Å². The zero-order valence-electron chi connectivity index (χ0n) is 25.1. The molecule has 13 heteroatoms. The number of sulfonamides is 1. The maximum atomic E-state index is 12.8. The molecule has 6 aromatic rings. The number of ether oxygens (including phenoxy) is 4. The molecule has 0 unspecified atom stereocenters. The summed E-state index contributed by atoms with van der Waals surface area (Å²) in [5, 5.41) is 10.4. The molecule has 11 nitrogen and oxygen atoms in total. The van der Waals surface area contributed by atoms with E-state index in [-0.39, 0.29) is 30.7 Å². The maximum absolute atomic E-state index is 12.8. The van der Waals surface area contributed by atoms with Gasteiger partial charge in [-0.3, -0.25) is 4.72 Å². The van der Waals surface area contributed by atoms with Gasteiger partial charge in [0.1, 0.15) is 12.3 Å². The standard InChI is InChI=1S/C34H28N5O6S.ClH/c1-42-31-12-7-22-15-30-28-17-33-32(44-21-45-33)16-23(28)13-14-38(30)19-29(22)34(31)43-20-25-18-39(37-35-25)26-8-10-27(11-9-26)46(40,41)36-24-5-3-2-4-6-24;/h2-12,15-19,36H,13-14,20-21H2,1H3;1H/q+1;/p-1. The number of aryl methyl sites for hydroxylation is 2. The predicted molar refractivity (Wildman–Crippen MR) is 169 cm³/mol. The molecule has 4 heterocycles. The Morgan fingerprint density at radius 1 is 0.979 bits per heavy atom. The average Bonchev–Trinajstić information content (AvgIpc) is 3.75. The molecule has 0 atom stereocenters. The lowest BCUT2D eigenvalue weighted by Gasteiger charge is -2.17. The Hall–Kier alpha value is -5.33. The number of pyridine rings is 1. The number of para-hydroxylation sites is 1. The molecule has 0 aliphatic carbocycles. The van der Waals surface area contributed by atoms with Gasteiger partial charge in [-0.15, -0.1) is 5.10 Å². The summed E-state index contributed by atoms with van der Waals surface area (Å²) < 4.78 is 55.3. The van der Waals surface area contributed by atoms with Crippen LogP contribution in [0.4, 0.5) is 5.69 Å². The fraction of sp³-hybridized carbons (Fsp3) is 0.147. The molecule has 2 aliphatic rings. The van der Waals surface area contributed by atoms with Crippen molar-refractivity contribution in [3.8, 4) is 39.9 Å². The third-order valence-corrected chi connectivity index (χ3v) is 9.54. The lowest BCUT2D eigenvalue weighted by molar-refractivity contribution is -0.686. The minimum atomic E-state index is -3.73. The summed E-state index contributed by atoms with van der Waals surface area (Å²) in [7, 11) is -2.11. The third kappa shape index (κ3) is 5.66. The average molecular weight is 670 g/mol. The van der Waals surface area contributed by atoms with Gasteiger partial charge < -0.3 is 31.4 Å². The number of aromatic nitrogens is 4. The van der Waals surface area contributed by atoms with Crippen LogP contribution >= 0.6 is 0 Å². The van der Waals surface area contributed by atoms with Crippen LogP contribution in [0.3, 0.4) is 0 Å². The van der Waals surface area contributed by atoms with Crippen molar-refractivity contribution in [3.63, 3.8) is 0 Å². The number of hydrogen-bond donors (Lipinski definition) is 1. The third-order valence-electron chi connectivity index (χ3n) is 8.14. The number of fused-ring (bicyclic) bond motifs is 5. The fourth-order valence-corrected chi connectivity index (χ4v) is 6.90. The van der Waals surface area contributed by atoms with Crippen molar-refractivity contribution in [2.45, 2.75) is 24.5 Å². The second-order valence-corrected chi connectivity index (χ2v) is 12.7. The molecule has 0 spiro atoms. The number of anilines is 1. The number of rotatable bonds is 8. The van der Waals surface area contributed by atoms with Gasteiger partial charge in [0, 0.05) is 18.2 Å². The molecule has 0 amide bonds.